The molecule has 2 aromatic rings. The van der Waals surface area contributed by atoms with Crippen LogP contribution >= 0.6 is 23.4 Å². The topological polar surface area (TPSA) is 64.7 Å². The second-order valence-corrected chi connectivity index (χ2v) is 5.77. The molecule has 0 saturated heterocycles. The van der Waals surface area contributed by atoms with Gasteiger partial charge in [-0.3, -0.25) is 0 Å². The Hall–Kier alpha value is -1.33. The summed E-state index contributed by atoms with van der Waals surface area (Å²) in [6.07, 6.45) is 0. The van der Waals surface area contributed by atoms with Crippen molar-refractivity contribution in [1.82, 2.24) is 15.0 Å². The van der Waals surface area contributed by atoms with Crippen LogP contribution in [0.15, 0.2) is 29.2 Å². The molecule has 0 amide bonds. The van der Waals surface area contributed by atoms with Gasteiger partial charge in [0.25, 0.3) is 0 Å². The molecule has 0 unspecified atom stereocenters. The third-order valence-electron chi connectivity index (χ3n) is 2.43. The molecule has 6 heteroatoms. The maximum atomic E-state index is 6.10. The second-order valence-electron chi connectivity index (χ2n) is 4.34. The van der Waals surface area contributed by atoms with Crippen LogP contribution in [0.25, 0.3) is 0 Å². The van der Waals surface area contributed by atoms with Crippen LogP contribution in [-0.4, -0.2) is 15.0 Å². The average Bonchev–Trinajstić information content (AvgIpc) is 2.37. The van der Waals surface area contributed by atoms with Crippen LogP contribution in [-0.2, 0) is 5.75 Å². The van der Waals surface area contributed by atoms with E-state index in [1.165, 1.54) is 0 Å². The zero-order valence-corrected chi connectivity index (χ0v) is 12.4. The Bertz CT molecular complexity index is 574. The van der Waals surface area contributed by atoms with E-state index < -0.39 is 0 Å². The number of rotatable bonds is 4. The van der Waals surface area contributed by atoms with E-state index in [-0.39, 0.29) is 11.9 Å². The molecule has 0 fully saturated rings. The maximum absolute atomic E-state index is 6.10. The highest BCUT2D eigenvalue weighted by atomic mass is 35.5. The van der Waals surface area contributed by atoms with Gasteiger partial charge in [0, 0.05) is 10.8 Å². The lowest BCUT2D eigenvalue weighted by molar-refractivity contribution is 0.749. The minimum atomic E-state index is 0.231. The first-order valence-electron chi connectivity index (χ1n) is 5.94. The molecular formula is C13H15ClN4S. The predicted molar refractivity (Wildman–Crippen MR) is 79.3 cm³/mol. The van der Waals surface area contributed by atoms with Crippen molar-refractivity contribution in [3.8, 4) is 0 Å². The van der Waals surface area contributed by atoms with E-state index in [1.54, 1.807) is 11.8 Å². The maximum Gasteiger partial charge on any atom is 0.223 e. The molecule has 2 rings (SSSR count). The number of thioether (sulfide) groups is 1. The Labute approximate surface area is 121 Å². The zero-order valence-electron chi connectivity index (χ0n) is 10.8. The van der Waals surface area contributed by atoms with E-state index in [1.807, 2.05) is 38.1 Å². The summed E-state index contributed by atoms with van der Waals surface area (Å²) in [5.41, 5.74) is 5.70. The van der Waals surface area contributed by atoms with Gasteiger partial charge in [0.15, 0.2) is 0 Å². The van der Waals surface area contributed by atoms with Crippen LogP contribution in [0.1, 0.15) is 31.4 Å². The summed E-state index contributed by atoms with van der Waals surface area (Å²) in [4.78, 5) is 13.7. The van der Waals surface area contributed by atoms with Crippen LogP contribution in [0, 0.1) is 0 Å². The summed E-state index contributed by atoms with van der Waals surface area (Å²) < 4.78 is 0. The molecular weight excluding hydrogens is 280 g/mol. The summed E-state index contributed by atoms with van der Waals surface area (Å²) in [5.74, 6) is 2.53. The third-order valence-corrected chi connectivity index (χ3v) is 3.94. The molecule has 19 heavy (non-hydrogen) atoms. The van der Waals surface area contributed by atoms with Crippen molar-refractivity contribution < 1.29 is 0 Å². The number of nitrogen functional groups attached to an aromatic ring is 1. The quantitative estimate of drug-likeness (QED) is 0.874. The molecule has 0 aliphatic heterocycles. The Morgan fingerprint density at radius 3 is 2.63 bits per heavy atom. The Balaban J connectivity index is 2.14. The lowest BCUT2D eigenvalue weighted by Gasteiger charge is -2.07. The molecule has 2 N–H and O–H groups in total. The van der Waals surface area contributed by atoms with Crippen LogP contribution in [0.5, 0.6) is 0 Å². The largest absolute Gasteiger partial charge is 0.368 e. The summed E-state index contributed by atoms with van der Waals surface area (Å²) in [6, 6.07) is 7.70. The number of benzene rings is 1. The molecule has 0 spiro atoms. The first-order valence-corrected chi connectivity index (χ1v) is 7.30. The van der Waals surface area contributed by atoms with Crippen molar-refractivity contribution >= 4 is 29.3 Å². The van der Waals surface area contributed by atoms with E-state index in [9.17, 15) is 0 Å². The molecule has 100 valence electrons. The monoisotopic (exact) mass is 294 g/mol. The van der Waals surface area contributed by atoms with Crippen LogP contribution < -0.4 is 5.73 Å². The van der Waals surface area contributed by atoms with Gasteiger partial charge in [-0.2, -0.15) is 9.97 Å². The van der Waals surface area contributed by atoms with E-state index in [0.29, 0.717) is 11.6 Å². The van der Waals surface area contributed by atoms with E-state index >= 15 is 0 Å². The highest BCUT2D eigenvalue weighted by molar-refractivity contribution is 7.98. The number of hydrogen-bond donors (Lipinski definition) is 1. The standard InChI is InChI=1S/C13H15ClN4S/c1-8(2)12-16-11(17-13(15)18-12)7-19-10-6-4-3-5-9(10)14/h3-6,8H,7H2,1-2H3,(H2,15,16,17,18). The summed E-state index contributed by atoms with van der Waals surface area (Å²) in [6.45, 7) is 4.06. The second kappa shape index (κ2) is 6.21. The smallest absolute Gasteiger partial charge is 0.223 e. The molecule has 1 aromatic carbocycles. The molecule has 0 aliphatic carbocycles. The lowest BCUT2D eigenvalue weighted by Crippen LogP contribution is -2.07. The molecule has 0 bridgehead atoms. The van der Waals surface area contributed by atoms with Crippen molar-refractivity contribution in [2.24, 2.45) is 0 Å². The minimum absolute atomic E-state index is 0.231. The molecule has 1 heterocycles. The van der Waals surface area contributed by atoms with Crippen molar-refractivity contribution in [3.05, 3.63) is 40.9 Å². The van der Waals surface area contributed by atoms with Crippen molar-refractivity contribution in [1.29, 1.82) is 0 Å². The van der Waals surface area contributed by atoms with Crippen molar-refractivity contribution in [2.75, 3.05) is 5.73 Å². The number of anilines is 1. The number of aromatic nitrogens is 3. The van der Waals surface area contributed by atoms with E-state index in [4.69, 9.17) is 17.3 Å². The fourth-order valence-electron chi connectivity index (χ4n) is 1.48. The van der Waals surface area contributed by atoms with Gasteiger partial charge in [-0.1, -0.05) is 37.6 Å². The van der Waals surface area contributed by atoms with Crippen LogP contribution in [0.4, 0.5) is 5.95 Å². The van der Waals surface area contributed by atoms with E-state index in [0.717, 1.165) is 15.7 Å². The van der Waals surface area contributed by atoms with Gasteiger partial charge >= 0.3 is 0 Å². The highest BCUT2D eigenvalue weighted by Gasteiger charge is 2.09. The predicted octanol–water partition coefficient (Wildman–Crippen LogP) is 3.52. The minimum Gasteiger partial charge on any atom is -0.368 e. The van der Waals surface area contributed by atoms with E-state index in [2.05, 4.69) is 15.0 Å². The summed E-state index contributed by atoms with van der Waals surface area (Å²) in [5, 5.41) is 0.735. The van der Waals surface area contributed by atoms with Gasteiger partial charge in [0.1, 0.15) is 11.6 Å². The summed E-state index contributed by atoms with van der Waals surface area (Å²) in [7, 11) is 0. The zero-order chi connectivity index (χ0) is 13.8. The van der Waals surface area contributed by atoms with Gasteiger partial charge in [-0.25, -0.2) is 4.98 Å². The number of halogens is 1. The molecule has 4 nitrogen and oxygen atoms in total. The number of nitrogens with zero attached hydrogens (tertiary/aromatic N) is 3. The first-order chi connectivity index (χ1) is 9.06. The van der Waals surface area contributed by atoms with Crippen molar-refractivity contribution in [2.45, 2.75) is 30.4 Å². The molecule has 0 radical (unpaired) electrons. The molecule has 1 aromatic heterocycles. The number of nitrogens with two attached hydrogens (primary N) is 1. The molecule has 0 saturated carbocycles. The van der Waals surface area contributed by atoms with Crippen LogP contribution in [0.2, 0.25) is 5.02 Å². The Morgan fingerprint density at radius 2 is 1.95 bits per heavy atom. The fourth-order valence-corrected chi connectivity index (χ4v) is 2.58. The SMILES string of the molecule is CC(C)c1nc(N)nc(CSc2ccccc2Cl)n1. The van der Waals surface area contributed by atoms with Gasteiger partial charge in [0.05, 0.1) is 10.8 Å². The summed E-state index contributed by atoms with van der Waals surface area (Å²) >= 11 is 7.69. The first kappa shape index (κ1) is 14.1. The van der Waals surface area contributed by atoms with Crippen molar-refractivity contribution in [3.63, 3.8) is 0 Å². The highest BCUT2D eigenvalue weighted by Crippen LogP contribution is 2.28. The fraction of sp³-hybridized carbons (Fsp3) is 0.308. The van der Waals surface area contributed by atoms with Gasteiger partial charge < -0.3 is 5.73 Å². The number of hydrogen-bond acceptors (Lipinski definition) is 5. The van der Waals surface area contributed by atoms with Gasteiger partial charge in [-0.15, -0.1) is 11.8 Å². The van der Waals surface area contributed by atoms with Gasteiger partial charge in [-0.05, 0) is 12.1 Å². The molecule has 0 aliphatic rings. The third kappa shape index (κ3) is 3.81. The molecule has 0 atom stereocenters. The Kier molecular flexibility index (Phi) is 4.61. The normalized spacial score (nSPS) is 10.9. The Morgan fingerprint density at radius 1 is 1.21 bits per heavy atom. The average molecular weight is 295 g/mol. The van der Waals surface area contributed by atoms with Crippen LogP contribution in [0.3, 0.4) is 0 Å². The van der Waals surface area contributed by atoms with Gasteiger partial charge in [0.2, 0.25) is 5.95 Å². The lowest BCUT2D eigenvalue weighted by atomic mass is 10.2.